The lowest BCUT2D eigenvalue weighted by molar-refractivity contribution is -0.150. The van der Waals surface area contributed by atoms with Crippen molar-refractivity contribution in [3.63, 3.8) is 0 Å². The molecule has 6 nitrogen and oxygen atoms in total. The highest BCUT2D eigenvalue weighted by Gasteiger charge is 2.25. The zero-order valence-corrected chi connectivity index (χ0v) is 15.2. The van der Waals surface area contributed by atoms with Crippen LogP contribution >= 0.6 is 23.2 Å². The fraction of sp³-hybridized carbons (Fsp3) is 0.375. The lowest BCUT2D eigenvalue weighted by Crippen LogP contribution is -2.32. The van der Waals surface area contributed by atoms with Gasteiger partial charge >= 0.3 is 12.1 Å². The molecule has 0 radical (unpaired) electrons. The molecule has 1 rings (SSSR count). The van der Waals surface area contributed by atoms with Gasteiger partial charge in [0.25, 0.3) is 0 Å². The molecule has 0 bridgehead atoms. The fourth-order valence-electron chi connectivity index (χ4n) is 1.71. The van der Waals surface area contributed by atoms with E-state index in [-0.39, 0.29) is 17.3 Å². The molecule has 0 aliphatic rings. The van der Waals surface area contributed by atoms with Crippen LogP contribution in [0.2, 0.25) is 10.0 Å². The Balaban J connectivity index is 2.88. The molecular weight excluding hydrogens is 357 g/mol. The molecule has 1 unspecified atom stereocenters. The number of rotatable bonds is 7. The fourth-order valence-corrected chi connectivity index (χ4v) is 2.19. The van der Waals surface area contributed by atoms with Crippen molar-refractivity contribution in [1.29, 1.82) is 0 Å². The van der Waals surface area contributed by atoms with Crippen LogP contribution in [0.25, 0.3) is 0 Å². The van der Waals surface area contributed by atoms with Crippen molar-refractivity contribution in [1.82, 2.24) is 0 Å². The average molecular weight is 376 g/mol. The monoisotopic (exact) mass is 375 g/mol. The third-order valence-corrected chi connectivity index (χ3v) is 3.34. The van der Waals surface area contributed by atoms with E-state index in [4.69, 9.17) is 37.4 Å². The predicted molar refractivity (Wildman–Crippen MR) is 93.0 cm³/mol. The number of carbonyl (C=O) groups excluding carboxylic acids is 2. The number of hydrogen-bond donors (Lipinski definition) is 1. The average Bonchev–Trinajstić information content (AvgIpc) is 2.49. The van der Waals surface area contributed by atoms with E-state index in [0.29, 0.717) is 23.0 Å². The number of amides is 1. The minimum atomic E-state index is -1.21. The normalized spacial score (nSPS) is 11.4. The second-order valence-corrected chi connectivity index (χ2v) is 5.52. The zero-order chi connectivity index (χ0) is 18.3. The standard InChI is InChI=1S/C16H19Cl2NO5/c1-5-22-13-8-12(10(17)7-11(13)18)19-16(21)24-14(9(3)4)15(20)23-6-2/h7-8,14H,3,5-6H2,1-2,4H3,(H,19,21). The van der Waals surface area contributed by atoms with Gasteiger partial charge in [-0.1, -0.05) is 29.8 Å². The van der Waals surface area contributed by atoms with Crippen LogP contribution in [0.3, 0.4) is 0 Å². The van der Waals surface area contributed by atoms with E-state index >= 15 is 0 Å². The van der Waals surface area contributed by atoms with Crippen molar-refractivity contribution in [2.75, 3.05) is 18.5 Å². The summed E-state index contributed by atoms with van der Waals surface area (Å²) in [4.78, 5) is 23.8. The van der Waals surface area contributed by atoms with Crippen LogP contribution in [-0.4, -0.2) is 31.4 Å². The van der Waals surface area contributed by atoms with Gasteiger partial charge in [0, 0.05) is 6.07 Å². The number of hydrogen-bond acceptors (Lipinski definition) is 5. The summed E-state index contributed by atoms with van der Waals surface area (Å²) in [6.07, 6.45) is -2.09. The first-order chi connectivity index (χ1) is 11.3. The van der Waals surface area contributed by atoms with E-state index in [0.717, 1.165) is 0 Å². The number of nitrogens with one attached hydrogen (secondary N) is 1. The van der Waals surface area contributed by atoms with E-state index in [9.17, 15) is 9.59 Å². The largest absolute Gasteiger partial charge is 0.492 e. The smallest absolute Gasteiger partial charge is 0.412 e. The number of anilines is 1. The lowest BCUT2D eigenvalue weighted by Gasteiger charge is -2.17. The molecule has 0 spiro atoms. The van der Waals surface area contributed by atoms with Crippen LogP contribution in [0.4, 0.5) is 10.5 Å². The summed E-state index contributed by atoms with van der Waals surface area (Å²) in [5.74, 6) is -0.335. The van der Waals surface area contributed by atoms with Gasteiger partial charge in [-0.05, 0) is 32.4 Å². The molecule has 24 heavy (non-hydrogen) atoms. The maximum absolute atomic E-state index is 12.0. The maximum Gasteiger partial charge on any atom is 0.412 e. The molecule has 132 valence electrons. The molecule has 1 aromatic carbocycles. The summed E-state index contributed by atoms with van der Waals surface area (Å²) < 4.78 is 15.2. The highest BCUT2D eigenvalue weighted by atomic mass is 35.5. The van der Waals surface area contributed by atoms with Crippen LogP contribution in [0, 0.1) is 0 Å². The van der Waals surface area contributed by atoms with E-state index in [1.807, 2.05) is 0 Å². The first kappa shape index (κ1) is 20.1. The number of esters is 1. The molecule has 0 aliphatic heterocycles. The molecule has 0 heterocycles. The minimum Gasteiger partial charge on any atom is -0.492 e. The van der Waals surface area contributed by atoms with Gasteiger partial charge in [-0.3, -0.25) is 5.32 Å². The molecule has 1 N–H and O–H groups in total. The summed E-state index contributed by atoms with van der Waals surface area (Å²) in [7, 11) is 0. The Morgan fingerprint density at radius 3 is 2.42 bits per heavy atom. The topological polar surface area (TPSA) is 73.9 Å². The maximum atomic E-state index is 12.0. The molecule has 0 saturated carbocycles. The third kappa shape index (κ3) is 5.62. The van der Waals surface area contributed by atoms with Crippen molar-refractivity contribution < 1.29 is 23.8 Å². The molecule has 8 heteroatoms. The second-order valence-electron chi connectivity index (χ2n) is 4.70. The first-order valence-corrected chi connectivity index (χ1v) is 7.97. The summed E-state index contributed by atoms with van der Waals surface area (Å²) in [6, 6.07) is 2.90. The van der Waals surface area contributed by atoms with Gasteiger partial charge in [-0.15, -0.1) is 0 Å². The Bertz CT molecular complexity index is 633. The Hall–Kier alpha value is -1.92. The third-order valence-electron chi connectivity index (χ3n) is 2.73. The molecular formula is C16H19Cl2NO5. The van der Waals surface area contributed by atoms with E-state index in [1.54, 1.807) is 20.8 Å². The van der Waals surface area contributed by atoms with E-state index in [2.05, 4.69) is 11.9 Å². The van der Waals surface area contributed by atoms with Crippen LogP contribution in [0.15, 0.2) is 24.3 Å². The van der Waals surface area contributed by atoms with Crippen LogP contribution in [-0.2, 0) is 14.3 Å². The van der Waals surface area contributed by atoms with E-state index < -0.39 is 18.2 Å². The zero-order valence-electron chi connectivity index (χ0n) is 13.7. The molecule has 1 aromatic rings. The van der Waals surface area contributed by atoms with Crippen molar-refractivity contribution in [2.24, 2.45) is 0 Å². The number of ether oxygens (including phenoxy) is 3. The quantitative estimate of drug-likeness (QED) is 0.562. The summed E-state index contributed by atoms with van der Waals surface area (Å²) in [5, 5.41) is 2.95. The molecule has 1 atom stereocenters. The SMILES string of the molecule is C=C(C)C(OC(=O)Nc1cc(OCC)c(Cl)cc1Cl)C(=O)OCC. The highest BCUT2D eigenvalue weighted by molar-refractivity contribution is 6.37. The van der Waals surface area contributed by atoms with Crippen LogP contribution < -0.4 is 10.1 Å². The van der Waals surface area contributed by atoms with Gasteiger partial charge < -0.3 is 14.2 Å². The van der Waals surface area contributed by atoms with E-state index in [1.165, 1.54) is 12.1 Å². The summed E-state index contributed by atoms with van der Waals surface area (Å²) in [6.45, 7) is 9.17. The van der Waals surface area contributed by atoms with Gasteiger partial charge in [0.2, 0.25) is 6.10 Å². The number of benzene rings is 1. The second kappa shape index (κ2) is 9.39. The Labute approximate surface area is 150 Å². The van der Waals surface area contributed by atoms with Crippen molar-refractivity contribution in [3.8, 4) is 5.75 Å². The minimum absolute atomic E-state index is 0.161. The van der Waals surface area contributed by atoms with Crippen molar-refractivity contribution in [3.05, 3.63) is 34.3 Å². The number of halogens is 2. The highest BCUT2D eigenvalue weighted by Crippen LogP contribution is 2.34. The molecule has 0 fully saturated rings. The van der Waals surface area contributed by atoms with Crippen molar-refractivity contribution >= 4 is 41.0 Å². The Morgan fingerprint density at radius 2 is 1.88 bits per heavy atom. The van der Waals surface area contributed by atoms with Crippen LogP contribution in [0.5, 0.6) is 5.75 Å². The first-order valence-electron chi connectivity index (χ1n) is 7.21. The van der Waals surface area contributed by atoms with Gasteiger partial charge in [0.05, 0.1) is 28.9 Å². The lowest BCUT2D eigenvalue weighted by atomic mass is 10.2. The van der Waals surface area contributed by atoms with Gasteiger partial charge in [-0.25, -0.2) is 9.59 Å². The summed E-state index contributed by atoms with van der Waals surface area (Å²) >= 11 is 12.0. The Morgan fingerprint density at radius 1 is 1.21 bits per heavy atom. The van der Waals surface area contributed by atoms with Gasteiger partial charge in [-0.2, -0.15) is 0 Å². The predicted octanol–water partition coefficient (Wildman–Crippen LogP) is 4.45. The number of carbonyl (C=O) groups is 2. The molecule has 0 aromatic heterocycles. The van der Waals surface area contributed by atoms with Crippen LogP contribution in [0.1, 0.15) is 20.8 Å². The van der Waals surface area contributed by atoms with Gasteiger partial charge in [0.15, 0.2) is 0 Å². The Kier molecular flexibility index (Phi) is 7.88. The van der Waals surface area contributed by atoms with Gasteiger partial charge in [0.1, 0.15) is 5.75 Å². The van der Waals surface area contributed by atoms with Crippen molar-refractivity contribution in [2.45, 2.75) is 26.9 Å². The molecule has 1 amide bonds. The molecule has 0 aliphatic carbocycles. The molecule has 0 saturated heterocycles. The summed E-state index contributed by atoms with van der Waals surface area (Å²) in [5.41, 5.74) is 0.569.